The normalized spacial score (nSPS) is 11.7. The molecule has 0 spiro atoms. The quantitative estimate of drug-likeness (QED) is 0.276. The van der Waals surface area contributed by atoms with Gasteiger partial charge in [0.15, 0.2) is 0 Å². The molecule has 0 fully saturated rings. The molecule has 6 rings (SSSR count). The highest BCUT2D eigenvalue weighted by Gasteiger charge is 2.18. The number of aromatic nitrogens is 1. The molecule has 0 saturated carbocycles. The second-order valence-corrected chi connectivity index (χ2v) is 8.33. The number of aromatic amines is 1. The van der Waals surface area contributed by atoms with E-state index in [0.717, 1.165) is 5.69 Å². The molecule has 33 heavy (non-hydrogen) atoms. The number of hydrogen-bond acceptors (Lipinski definition) is 1. The summed E-state index contributed by atoms with van der Waals surface area (Å²) in [6.45, 7) is 0. The molecule has 158 valence electrons. The van der Waals surface area contributed by atoms with Crippen LogP contribution in [0, 0.1) is 0 Å². The lowest BCUT2D eigenvalue weighted by Crippen LogP contribution is -1.93. The van der Waals surface area contributed by atoms with Crippen LogP contribution in [0.4, 0.5) is 0 Å². The van der Waals surface area contributed by atoms with Gasteiger partial charge in [-0.1, -0.05) is 84.9 Å². The molecule has 0 aliphatic carbocycles. The van der Waals surface area contributed by atoms with Gasteiger partial charge in [-0.3, -0.25) is 0 Å². The molecule has 2 heteroatoms. The largest absolute Gasteiger partial charge is 0.394 e. The Morgan fingerprint density at radius 2 is 1.24 bits per heavy atom. The van der Waals surface area contributed by atoms with Crippen molar-refractivity contribution in [2.24, 2.45) is 0 Å². The van der Waals surface area contributed by atoms with Gasteiger partial charge in [0.2, 0.25) is 0 Å². The van der Waals surface area contributed by atoms with Gasteiger partial charge in [-0.25, -0.2) is 0 Å². The first-order valence-electron chi connectivity index (χ1n) is 11.3. The number of H-pyrrole nitrogens is 1. The fraction of sp³-hybridized carbons (Fsp3) is 0.0323. The summed E-state index contributed by atoms with van der Waals surface area (Å²) in [4.78, 5) is 3.41. The Hall–Kier alpha value is -4.30. The van der Waals surface area contributed by atoms with Crippen molar-refractivity contribution < 1.29 is 0 Å². The third kappa shape index (κ3) is 3.19. The summed E-state index contributed by atoms with van der Waals surface area (Å²) in [5.74, 6) is 0. The van der Waals surface area contributed by atoms with Crippen molar-refractivity contribution in [1.82, 2.24) is 10.3 Å². The van der Waals surface area contributed by atoms with Crippen LogP contribution >= 0.6 is 0 Å². The van der Waals surface area contributed by atoms with Crippen molar-refractivity contribution in [3.05, 3.63) is 115 Å². The van der Waals surface area contributed by atoms with Crippen LogP contribution in [0.2, 0.25) is 0 Å². The van der Waals surface area contributed by atoms with Gasteiger partial charge >= 0.3 is 0 Å². The topological polar surface area (TPSA) is 27.8 Å². The zero-order valence-corrected chi connectivity index (χ0v) is 18.5. The monoisotopic (exact) mass is 424 g/mol. The highest BCUT2D eigenvalue weighted by atomic mass is 14.8. The van der Waals surface area contributed by atoms with E-state index in [4.69, 9.17) is 0 Å². The zero-order chi connectivity index (χ0) is 22.2. The van der Waals surface area contributed by atoms with Crippen LogP contribution < -0.4 is 5.32 Å². The maximum absolute atomic E-state index is 3.41. The van der Waals surface area contributed by atoms with Gasteiger partial charge in [0.25, 0.3) is 0 Å². The molecule has 2 N–H and O–H groups in total. The van der Waals surface area contributed by atoms with Crippen LogP contribution in [0.5, 0.6) is 0 Å². The standard InChI is InChI=1S/C31H24N2/c1-32-18-17-29-28(16-19-33-29)31-26-12-6-4-10-24(26)30(25-11-5-7-13-27(25)31)23-15-14-21-8-2-3-9-22(21)20-23/h2-20,32-33H,1H3/b18-17-. The van der Waals surface area contributed by atoms with Gasteiger partial charge in [-0.05, 0) is 73.4 Å². The lowest BCUT2D eigenvalue weighted by molar-refractivity contribution is 1.11. The summed E-state index contributed by atoms with van der Waals surface area (Å²) in [5.41, 5.74) is 6.11. The lowest BCUT2D eigenvalue weighted by atomic mass is 9.85. The Morgan fingerprint density at radius 3 is 1.91 bits per heavy atom. The Bertz CT molecular complexity index is 1600. The van der Waals surface area contributed by atoms with Gasteiger partial charge < -0.3 is 10.3 Å². The first-order valence-corrected chi connectivity index (χ1v) is 11.3. The molecule has 1 aromatic heterocycles. The molecule has 0 unspecified atom stereocenters. The first-order chi connectivity index (χ1) is 16.3. The van der Waals surface area contributed by atoms with Gasteiger partial charge in [0.1, 0.15) is 0 Å². The molecule has 0 atom stereocenters. The molecule has 0 bridgehead atoms. The molecule has 0 radical (unpaired) electrons. The fourth-order valence-corrected chi connectivity index (χ4v) is 4.98. The fourth-order valence-electron chi connectivity index (χ4n) is 4.98. The molecule has 0 saturated heterocycles. The van der Waals surface area contributed by atoms with Crippen molar-refractivity contribution in [1.29, 1.82) is 0 Å². The molecule has 0 aliphatic heterocycles. The van der Waals surface area contributed by atoms with E-state index in [1.54, 1.807) is 0 Å². The van der Waals surface area contributed by atoms with Crippen molar-refractivity contribution >= 4 is 38.4 Å². The number of nitrogens with one attached hydrogen (secondary N) is 2. The predicted octanol–water partition coefficient (Wildman–Crippen LogP) is 8.00. The van der Waals surface area contributed by atoms with Crippen molar-refractivity contribution in [2.45, 2.75) is 0 Å². The van der Waals surface area contributed by atoms with Gasteiger partial charge in [-0.2, -0.15) is 0 Å². The molecular formula is C31H24N2. The van der Waals surface area contributed by atoms with Crippen LogP contribution in [0.15, 0.2) is 109 Å². The maximum atomic E-state index is 3.41. The van der Waals surface area contributed by atoms with Crippen molar-refractivity contribution in [3.8, 4) is 22.3 Å². The van der Waals surface area contributed by atoms with Crippen LogP contribution in [0.25, 0.3) is 60.6 Å². The molecule has 1 heterocycles. The van der Waals surface area contributed by atoms with E-state index in [1.165, 1.54) is 54.6 Å². The molecule has 0 aliphatic rings. The Balaban J connectivity index is 1.74. The van der Waals surface area contributed by atoms with Gasteiger partial charge in [-0.15, -0.1) is 0 Å². The molecule has 2 nitrogen and oxygen atoms in total. The lowest BCUT2D eigenvalue weighted by Gasteiger charge is -2.18. The minimum Gasteiger partial charge on any atom is -0.394 e. The number of hydrogen-bond donors (Lipinski definition) is 2. The molecule has 0 amide bonds. The number of benzene rings is 5. The predicted molar refractivity (Wildman–Crippen MR) is 142 cm³/mol. The summed E-state index contributed by atoms with van der Waals surface area (Å²) in [6.07, 6.45) is 6.07. The van der Waals surface area contributed by atoms with E-state index in [-0.39, 0.29) is 0 Å². The maximum Gasteiger partial charge on any atom is 0.0474 e. The minimum absolute atomic E-state index is 1.10. The van der Waals surface area contributed by atoms with E-state index in [2.05, 4.69) is 113 Å². The van der Waals surface area contributed by atoms with E-state index in [1.807, 2.05) is 19.4 Å². The van der Waals surface area contributed by atoms with Gasteiger partial charge in [0, 0.05) is 24.5 Å². The van der Waals surface area contributed by atoms with Crippen LogP contribution in [0.1, 0.15) is 5.69 Å². The summed E-state index contributed by atoms with van der Waals surface area (Å²) < 4.78 is 0. The Kier molecular flexibility index (Phi) is 4.70. The van der Waals surface area contributed by atoms with Crippen LogP contribution in [0.3, 0.4) is 0 Å². The van der Waals surface area contributed by atoms with Crippen LogP contribution in [-0.2, 0) is 0 Å². The SMILES string of the molecule is CN/C=C\c1[nH]ccc1-c1c2ccccc2c(-c2ccc3ccccc3c2)c2ccccc12. The molecule has 6 aromatic rings. The van der Waals surface area contributed by atoms with E-state index in [9.17, 15) is 0 Å². The molecular weight excluding hydrogens is 400 g/mol. The summed E-state index contributed by atoms with van der Waals surface area (Å²) in [7, 11) is 1.92. The summed E-state index contributed by atoms with van der Waals surface area (Å²) in [5, 5.41) is 10.7. The van der Waals surface area contributed by atoms with E-state index >= 15 is 0 Å². The third-order valence-electron chi connectivity index (χ3n) is 6.43. The Morgan fingerprint density at radius 1 is 0.636 bits per heavy atom. The zero-order valence-electron chi connectivity index (χ0n) is 18.5. The van der Waals surface area contributed by atoms with Crippen LogP contribution in [-0.4, -0.2) is 12.0 Å². The number of fused-ring (bicyclic) bond motifs is 3. The first kappa shape index (κ1) is 19.4. The highest BCUT2D eigenvalue weighted by molar-refractivity contribution is 6.22. The average Bonchev–Trinajstić information content (AvgIpc) is 3.33. The minimum atomic E-state index is 1.10. The van der Waals surface area contributed by atoms with Crippen molar-refractivity contribution in [2.75, 3.05) is 7.05 Å². The van der Waals surface area contributed by atoms with E-state index < -0.39 is 0 Å². The third-order valence-corrected chi connectivity index (χ3v) is 6.43. The second-order valence-electron chi connectivity index (χ2n) is 8.33. The smallest absolute Gasteiger partial charge is 0.0474 e. The average molecular weight is 425 g/mol. The highest BCUT2D eigenvalue weighted by Crippen LogP contribution is 2.44. The second kappa shape index (κ2) is 7.99. The number of rotatable bonds is 4. The van der Waals surface area contributed by atoms with Gasteiger partial charge in [0.05, 0.1) is 0 Å². The summed E-state index contributed by atoms with van der Waals surface area (Å²) >= 11 is 0. The molecule has 5 aromatic carbocycles. The van der Waals surface area contributed by atoms with Crippen molar-refractivity contribution in [3.63, 3.8) is 0 Å². The van der Waals surface area contributed by atoms with E-state index in [0.29, 0.717) is 0 Å². The summed E-state index contributed by atoms with van der Waals surface area (Å²) in [6, 6.07) is 35.1. The Labute approximate surface area is 193 Å².